The van der Waals surface area contributed by atoms with Gasteiger partial charge in [0.2, 0.25) is 0 Å². The van der Waals surface area contributed by atoms with Crippen LogP contribution in [0.2, 0.25) is 5.02 Å². The standard InChI is InChI=1S/C19H17ClN2O5S/c20-14-5-2-6-15(11-14)22-28(25,26)16-7-1-4-13(10-16)19(24)21-12-17(23)18-8-3-9-27-18/h1-11,17,22-23H,12H2,(H,21,24). The quantitative estimate of drug-likeness (QED) is 0.544. The van der Waals surface area contributed by atoms with Gasteiger partial charge in [0, 0.05) is 10.6 Å². The fraction of sp³-hybridized carbons (Fsp3) is 0.105. The molecule has 3 aromatic rings. The summed E-state index contributed by atoms with van der Waals surface area (Å²) < 4.78 is 32.6. The lowest BCUT2D eigenvalue weighted by atomic mass is 10.2. The summed E-state index contributed by atoms with van der Waals surface area (Å²) in [6, 6.07) is 15.1. The lowest BCUT2D eigenvalue weighted by Gasteiger charge is -2.11. The van der Waals surface area contributed by atoms with Gasteiger partial charge in [-0.3, -0.25) is 9.52 Å². The minimum absolute atomic E-state index is 0.0771. The normalized spacial score (nSPS) is 12.4. The number of furan rings is 1. The Morgan fingerprint density at radius 1 is 1.11 bits per heavy atom. The van der Waals surface area contributed by atoms with Crippen LogP contribution in [0.25, 0.3) is 0 Å². The first-order valence-electron chi connectivity index (χ1n) is 8.23. The Morgan fingerprint density at radius 3 is 2.61 bits per heavy atom. The van der Waals surface area contributed by atoms with Crippen molar-refractivity contribution in [2.75, 3.05) is 11.3 Å². The minimum Gasteiger partial charge on any atom is -0.467 e. The number of aliphatic hydroxyl groups is 1. The lowest BCUT2D eigenvalue weighted by Crippen LogP contribution is -2.28. The maximum absolute atomic E-state index is 12.6. The number of halogens is 1. The molecule has 1 unspecified atom stereocenters. The van der Waals surface area contributed by atoms with Crippen LogP contribution in [0.3, 0.4) is 0 Å². The minimum atomic E-state index is -3.91. The van der Waals surface area contributed by atoms with Crippen LogP contribution < -0.4 is 10.0 Å². The average Bonchev–Trinajstić information content (AvgIpc) is 3.20. The topological polar surface area (TPSA) is 109 Å². The van der Waals surface area contributed by atoms with Crippen LogP contribution in [-0.2, 0) is 10.0 Å². The highest BCUT2D eigenvalue weighted by Crippen LogP contribution is 2.20. The van der Waals surface area contributed by atoms with E-state index in [-0.39, 0.29) is 17.0 Å². The Morgan fingerprint density at radius 2 is 1.89 bits per heavy atom. The number of carbonyl (C=O) groups is 1. The van der Waals surface area contributed by atoms with E-state index in [0.29, 0.717) is 16.5 Å². The van der Waals surface area contributed by atoms with Crippen molar-refractivity contribution in [1.82, 2.24) is 5.32 Å². The highest BCUT2D eigenvalue weighted by atomic mass is 35.5. The number of nitrogens with one attached hydrogen (secondary N) is 2. The summed E-state index contributed by atoms with van der Waals surface area (Å²) in [5.41, 5.74) is 0.449. The fourth-order valence-corrected chi connectivity index (χ4v) is 3.73. The third kappa shape index (κ3) is 4.92. The van der Waals surface area contributed by atoms with E-state index in [1.54, 1.807) is 30.3 Å². The zero-order chi connectivity index (χ0) is 20.1. The van der Waals surface area contributed by atoms with E-state index >= 15 is 0 Å². The van der Waals surface area contributed by atoms with Crippen molar-refractivity contribution in [2.45, 2.75) is 11.0 Å². The van der Waals surface area contributed by atoms with Crippen LogP contribution in [0.5, 0.6) is 0 Å². The molecule has 1 aromatic heterocycles. The van der Waals surface area contributed by atoms with Crippen molar-refractivity contribution in [3.05, 3.63) is 83.3 Å². The highest BCUT2D eigenvalue weighted by Gasteiger charge is 2.18. The van der Waals surface area contributed by atoms with Gasteiger partial charge in [0.05, 0.1) is 23.4 Å². The summed E-state index contributed by atoms with van der Waals surface area (Å²) in [6.45, 7) is -0.0793. The van der Waals surface area contributed by atoms with Crippen molar-refractivity contribution in [3.8, 4) is 0 Å². The molecule has 0 spiro atoms. The van der Waals surface area contributed by atoms with E-state index in [9.17, 15) is 18.3 Å². The van der Waals surface area contributed by atoms with Crippen molar-refractivity contribution < 1.29 is 22.7 Å². The Hall–Kier alpha value is -2.81. The van der Waals surface area contributed by atoms with Gasteiger partial charge in [0.1, 0.15) is 11.9 Å². The summed E-state index contributed by atoms with van der Waals surface area (Å²) >= 11 is 5.87. The summed E-state index contributed by atoms with van der Waals surface area (Å²) in [5, 5.41) is 12.9. The third-order valence-electron chi connectivity index (χ3n) is 3.81. The smallest absolute Gasteiger partial charge is 0.261 e. The molecule has 2 aromatic carbocycles. The number of amides is 1. The molecule has 3 rings (SSSR count). The van der Waals surface area contributed by atoms with Gasteiger partial charge < -0.3 is 14.8 Å². The zero-order valence-electron chi connectivity index (χ0n) is 14.5. The zero-order valence-corrected chi connectivity index (χ0v) is 16.1. The number of hydrogen-bond donors (Lipinski definition) is 3. The number of carbonyl (C=O) groups excluding carboxylic acids is 1. The van der Waals surface area contributed by atoms with Gasteiger partial charge in [-0.1, -0.05) is 23.7 Å². The Bertz CT molecular complexity index is 1070. The van der Waals surface area contributed by atoms with Crippen molar-refractivity contribution in [1.29, 1.82) is 0 Å². The molecule has 0 aliphatic heterocycles. The number of hydrogen-bond acceptors (Lipinski definition) is 5. The second kappa shape index (κ2) is 8.47. The molecule has 3 N–H and O–H groups in total. The van der Waals surface area contributed by atoms with Gasteiger partial charge in [-0.05, 0) is 48.5 Å². The summed E-state index contributed by atoms with van der Waals surface area (Å²) in [6.07, 6.45) is 0.414. The molecule has 0 radical (unpaired) electrons. The second-order valence-corrected chi connectivity index (χ2v) is 8.00. The molecule has 1 atom stereocenters. The lowest BCUT2D eigenvalue weighted by molar-refractivity contribution is 0.0901. The van der Waals surface area contributed by atoms with E-state index in [4.69, 9.17) is 16.0 Å². The molecule has 9 heteroatoms. The number of rotatable bonds is 7. The van der Waals surface area contributed by atoms with Gasteiger partial charge in [-0.15, -0.1) is 0 Å². The van der Waals surface area contributed by atoms with Crippen LogP contribution in [0.4, 0.5) is 5.69 Å². The molecule has 0 saturated heterocycles. The van der Waals surface area contributed by atoms with E-state index in [2.05, 4.69) is 10.0 Å². The predicted molar refractivity (Wildman–Crippen MR) is 105 cm³/mol. The van der Waals surface area contributed by atoms with Gasteiger partial charge in [-0.2, -0.15) is 0 Å². The molecule has 1 amide bonds. The molecular formula is C19H17ClN2O5S. The first-order chi connectivity index (χ1) is 13.3. The van der Waals surface area contributed by atoms with Gasteiger partial charge in [0.25, 0.3) is 15.9 Å². The first-order valence-corrected chi connectivity index (χ1v) is 10.1. The van der Waals surface area contributed by atoms with Gasteiger partial charge in [0.15, 0.2) is 0 Å². The van der Waals surface area contributed by atoms with Crippen LogP contribution in [-0.4, -0.2) is 26.0 Å². The van der Waals surface area contributed by atoms with Crippen molar-refractivity contribution >= 4 is 33.2 Å². The third-order valence-corrected chi connectivity index (χ3v) is 5.42. The van der Waals surface area contributed by atoms with Gasteiger partial charge >= 0.3 is 0 Å². The molecule has 0 aliphatic rings. The van der Waals surface area contributed by atoms with Crippen molar-refractivity contribution in [3.63, 3.8) is 0 Å². The SMILES string of the molecule is O=C(NCC(O)c1ccco1)c1cccc(S(=O)(=O)Nc2cccc(Cl)c2)c1. The van der Waals surface area contributed by atoms with Crippen LogP contribution in [0.15, 0.2) is 76.2 Å². The maximum Gasteiger partial charge on any atom is 0.261 e. The molecule has 0 fully saturated rings. The van der Waals surface area contributed by atoms with Crippen LogP contribution >= 0.6 is 11.6 Å². The first kappa shape index (κ1) is 19.9. The molecule has 0 saturated carbocycles. The summed E-state index contributed by atoms with van der Waals surface area (Å²) in [7, 11) is -3.91. The Kier molecular flexibility index (Phi) is 6.03. The molecule has 0 bridgehead atoms. The fourth-order valence-electron chi connectivity index (χ4n) is 2.44. The Labute approximate surface area is 167 Å². The monoisotopic (exact) mass is 420 g/mol. The van der Waals surface area contributed by atoms with E-state index in [1.165, 1.54) is 36.6 Å². The largest absolute Gasteiger partial charge is 0.467 e. The molecule has 1 heterocycles. The molecule has 0 aliphatic carbocycles. The molecule has 28 heavy (non-hydrogen) atoms. The van der Waals surface area contributed by atoms with Crippen LogP contribution in [0.1, 0.15) is 22.2 Å². The van der Waals surface area contributed by atoms with E-state index in [1.807, 2.05) is 0 Å². The summed E-state index contributed by atoms with van der Waals surface area (Å²) in [5.74, 6) is -0.201. The number of anilines is 1. The second-order valence-electron chi connectivity index (χ2n) is 5.88. The average molecular weight is 421 g/mol. The maximum atomic E-state index is 12.6. The van der Waals surface area contributed by atoms with Crippen LogP contribution in [0, 0.1) is 0 Å². The van der Waals surface area contributed by atoms with Gasteiger partial charge in [-0.25, -0.2) is 8.42 Å². The summed E-state index contributed by atoms with van der Waals surface area (Å²) in [4.78, 5) is 12.2. The van der Waals surface area contributed by atoms with E-state index < -0.39 is 22.0 Å². The number of aliphatic hydroxyl groups excluding tert-OH is 1. The Balaban J connectivity index is 1.71. The number of sulfonamides is 1. The predicted octanol–water partition coefficient (Wildman–Crippen LogP) is 3.20. The van der Waals surface area contributed by atoms with Crippen molar-refractivity contribution in [2.24, 2.45) is 0 Å². The molecule has 7 nitrogen and oxygen atoms in total. The number of benzene rings is 2. The molecule has 146 valence electrons. The highest BCUT2D eigenvalue weighted by molar-refractivity contribution is 7.92. The molecular weight excluding hydrogens is 404 g/mol. The van der Waals surface area contributed by atoms with E-state index in [0.717, 1.165) is 0 Å².